The highest BCUT2D eigenvalue weighted by Crippen LogP contribution is 2.16. The van der Waals surface area contributed by atoms with Gasteiger partial charge < -0.3 is 10.6 Å². The average molecular weight is 194 g/mol. The lowest BCUT2D eigenvalue weighted by Gasteiger charge is -2.14. The van der Waals surface area contributed by atoms with Crippen molar-refractivity contribution in [3.63, 3.8) is 0 Å². The Hall–Kier alpha value is -1.36. The number of nitrogens with one attached hydrogen (secondary N) is 1. The Morgan fingerprint density at radius 3 is 3.00 bits per heavy atom. The summed E-state index contributed by atoms with van der Waals surface area (Å²) in [7, 11) is 0. The molecule has 0 bridgehead atoms. The maximum Gasteiger partial charge on any atom is 0.257 e. The molecule has 1 fully saturated rings. The lowest BCUT2D eigenvalue weighted by molar-refractivity contribution is 0.0787. The smallest absolute Gasteiger partial charge is 0.257 e. The first-order valence-corrected chi connectivity index (χ1v) is 4.72. The minimum absolute atomic E-state index is 0.0125. The number of aromatic amines is 1. The SMILES string of the molecule is CC1CN(C(=O)c2cn[nH]c2)CC1N. The summed E-state index contributed by atoms with van der Waals surface area (Å²) >= 11 is 0. The van der Waals surface area contributed by atoms with E-state index in [2.05, 4.69) is 17.1 Å². The Kier molecular flexibility index (Phi) is 2.25. The van der Waals surface area contributed by atoms with Gasteiger partial charge in [-0.1, -0.05) is 6.92 Å². The Labute approximate surface area is 82.3 Å². The predicted molar refractivity (Wildman–Crippen MR) is 51.6 cm³/mol. The van der Waals surface area contributed by atoms with Gasteiger partial charge in [0, 0.05) is 25.3 Å². The van der Waals surface area contributed by atoms with E-state index in [-0.39, 0.29) is 11.9 Å². The van der Waals surface area contributed by atoms with Crippen LogP contribution < -0.4 is 5.73 Å². The van der Waals surface area contributed by atoms with Crippen molar-refractivity contribution in [3.05, 3.63) is 18.0 Å². The number of nitrogens with two attached hydrogens (primary N) is 1. The van der Waals surface area contributed by atoms with E-state index in [1.807, 2.05) is 0 Å². The quantitative estimate of drug-likeness (QED) is 0.651. The third-order valence-electron chi connectivity index (χ3n) is 2.70. The first-order chi connectivity index (χ1) is 6.68. The second-order valence-electron chi connectivity index (χ2n) is 3.84. The van der Waals surface area contributed by atoms with E-state index < -0.39 is 0 Å². The number of hydrogen-bond acceptors (Lipinski definition) is 3. The van der Waals surface area contributed by atoms with Gasteiger partial charge in [-0.15, -0.1) is 0 Å². The van der Waals surface area contributed by atoms with Crippen molar-refractivity contribution < 1.29 is 4.79 Å². The van der Waals surface area contributed by atoms with Crippen molar-refractivity contribution in [3.8, 4) is 0 Å². The third kappa shape index (κ3) is 1.50. The third-order valence-corrected chi connectivity index (χ3v) is 2.70. The van der Waals surface area contributed by atoms with Crippen LogP contribution >= 0.6 is 0 Å². The summed E-state index contributed by atoms with van der Waals surface area (Å²) in [6.07, 6.45) is 3.15. The van der Waals surface area contributed by atoms with Crippen LogP contribution in [-0.4, -0.2) is 40.1 Å². The lowest BCUT2D eigenvalue weighted by atomic mass is 10.1. The van der Waals surface area contributed by atoms with Crippen molar-refractivity contribution in [1.82, 2.24) is 15.1 Å². The van der Waals surface area contributed by atoms with Gasteiger partial charge in [0.1, 0.15) is 0 Å². The van der Waals surface area contributed by atoms with Gasteiger partial charge in [-0.3, -0.25) is 9.89 Å². The van der Waals surface area contributed by atoms with Crippen LogP contribution in [0.4, 0.5) is 0 Å². The first-order valence-electron chi connectivity index (χ1n) is 4.72. The maximum atomic E-state index is 11.8. The summed E-state index contributed by atoms with van der Waals surface area (Å²) in [5.74, 6) is 0.393. The van der Waals surface area contributed by atoms with Crippen LogP contribution in [0, 0.1) is 5.92 Å². The standard InChI is InChI=1S/C9H14N4O/c1-6-4-13(5-8(6)10)9(14)7-2-11-12-3-7/h2-3,6,8H,4-5,10H2,1H3,(H,11,12). The molecule has 0 spiro atoms. The molecule has 1 aliphatic heterocycles. The van der Waals surface area contributed by atoms with E-state index in [4.69, 9.17) is 5.73 Å². The summed E-state index contributed by atoms with van der Waals surface area (Å²) in [5, 5.41) is 6.38. The van der Waals surface area contributed by atoms with E-state index in [0.29, 0.717) is 18.0 Å². The van der Waals surface area contributed by atoms with Crippen LogP contribution in [0.25, 0.3) is 0 Å². The number of rotatable bonds is 1. The molecule has 14 heavy (non-hydrogen) atoms. The lowest BCUT2D eigenvalue weighted by Crippen LogP contribution is -2.31. The van der Waals surface area contributed by atoms with Gasteiger partial charge in [-0.05, 0) is 5.92 Å². The van der Waals surface area contributed by atoms with Crippen LogP contribution in [-0.2, 0) is 0 Å². The average Bonchev–Trinajstić information content (AvgIpc) is 2.76. The molecule has 0 aliphatic carbocycles. The summed E-state index contributed by atoms with van der Waals surface area (Å²) in [6.45, 7) is 3.45. The van der Waals surface area contributed by atoms with E-state index in [0.717, 1.165) is 6.54 Å². The molecule has 1 aromatic rings. The number of amides is 1. The van der Waals surface area contributed by atoms with Crippen LogP contribution in [0.5, 0.6) is 0 Å². The number of hydrogen-bond donors (Lipinski definition) is 2. The topological polar surface area (TPSA) is 75.0 Å². The minimum atomic E-state index is 0.0125. The van der Waals surface area contributed by atoms with Gasteiger partial charge in [0.15, 0.2) is 0 Å². The maximum absolute atomic E-state index is 11.8. The number of carbonyl (C=O) groups excluding carboxylic acids is 1. The summed E-state index contributed by atoms with van der Waals surface area (Å²) in [4.78, 5) is 13.6. The number of aromatic nitrogens is 2. The summed E-state index contributed by atoms with van der Waals surface area (Å²) in [5.41, 5.74) is 6.45. The second-order valence-corrected chi connectivity index (χ2v) is 3.84. The number of carbonyl (C=O) groups is 1. The molecular weight excluding hydrogens is 180 g/mol. The zero-order chi connectivity index (χ0) is 10.1. The molecule has 1 saturated heterocycles. The molecule has 2 rings (SSSR count). The van der Waals surface area contributed by atoms with Gasteiger partial charge in [0.2, 0.25) is 0 Å². The molecule has 5 nitrogen and oxygen atoms in total. The number of nitrogens with zero attached hydrogens (tertiary/aromatic N) is 2. The summed E-state index contributed by atoms with van der Waals surface area (Å²) < 4.78 is 0. The molecule has 2 unspecified atom stereocenters. The van der Waals surface area contributed by atoms with Crippen molar-refractivity contribution >= 4 is 5.91 Å². The van der Waals surface area contributed by atoms with Crippen LogP contribution in [0.1, 0.15) is 17.3 Å². The van der Waals surface area contributed by atoms with E-state index in [9.17, 15) is 4.79 Å². The predicted octanol–water partition coefficient (Wildman–Crippen LogP) is -0.171. The summed E-state index contributed by atoms with van der Waals surface area (Å²) in [6, 6.07) is 0.103. The van der Waals surface area contributed by atoms with E-state index in [1.165, 1.54) is 6.20 Å². The zero-order valence-corrected chi connectivity index (χ0v) is 8.10. The Balaban J connectivity index is 2.07. The molecule has 1 amide bonds. The zero-order valence-electron chi connectivity index (χ0n) is 8.10. The fourth-order valence-corrected chi connectivity index (χ4v) is 1.71. The van der Waals surface area contributed by atoms with Crippen molar-refractivity contribution in [1.29, 1.82) is 0 Å². The van der Waals surface area contributed by atoms with Gasteiger partial charge >= 0.3 is 0 Å². The molecule has 0 aromatic carbocycles. The molecule has 0 radical (unpaired) electrons. The normalized spacial score (nSPS) is 26.9. The van der Waals surface area contributed by atoms with Crippen molar-refractivity contribution in [2.75, 3.05) is 13.1 Å². The molecule has 2 heterocycles. The Morgan fingerprint density at radius 1 is 1.71 bits per heavy atom. The fraction of sp³-hybridized carbons (Fsp3) is 0.556. The van der Waals surface area contributed by atoms with Crippen molar-refractivity contribution in [2.24, 2.45) is 11.7 Å². The van der Waals surface area contributed by atoms with E-state index in [1.54, 1.807) is 11.1 Å². The van der Waals surface area contributed by atoms with Gasteiger partial charge in [-0.25, -0.2) is 0 Å². The Bertz CT molecular complexity index is 312. The highest BCUT2D eigenvalue weighted by atomic mass is 16.2. The second kappa shape index (κ2) is 3.42. The number of H-pyrrole nitrogens is 1. The molecule has 5 heteroatoms. The van der Waals surface area contributed by atoms with Crippen LogP contribution in [0.2, 0.25) is 0 Å². The highest BCUT2D eigenvalue weighted by Gasteiger charge is 2.30. The largest absolute Gasteiger partial charge is 0.337 e. The monoisotopic (exact) mass is 194 g/mol. The Morgan fingerprint density at radius 2 is 2.50 bits per heavy atom. The first kappa shape index (κ1) is 9.21. The molecule has 76 valence electrons. The van der Waals surface area contributed by atoms with Crippen molar-refractivity contribution in [2.45, 2.75) is 13.0 Å². The van der Waals surface area contributed by atoms with E-state index >= 15 is 0 Å². The highest BCUT2D eigenvalue weighted by molar-refractivity contribution is 5.93. The molecular formula is C9H14N4O. The molecule has 0 saturated carbocycles. The van der Waals surface area contributed by atoms with Gasteiger partial charge in [0.25, 0.3) is 5.91 Å². The fourth-order valence-electron chi connectivity index (χ4n) is 1.71. The molecule has 3 N–H and O–H groups in total. The number of likely N-dealkylation sites (tertiary alicyclic amines) is 1. The van der Waals surface area contributed by atoms with Crippen LogP contribution in [0.15, 0.2) is 12.4 Å². The molecule has 1 aromatic heterocycles. The minimum Gasteiger partial charge on any atom is -0.337 e. The molecule has 1 aliphatic rings. The van der Waals surface area contributed by atoms with Gasteiger partial charge in [-0.2, -0.15) is 5.10 Å². The molecule has 2 atom stereocenters. The van der Waals surface area contributed by atoms with Gasteiger partial charge in [0.05, 0.1) is 11.8 Å². The van der Waals surface area contributed by atoms with Crippen LogP contribution in [0.3, 0.4) is 0 Å².